The highest BCUT2D eigenvalue weighted by Crippen LogP contribution is 2.35. The average molecular weight is 441 g/mol. The molecule has 1 saturated heterocycles. The van der Waals surface area contributed by atoms with Gasteiger partial charge in [-0.3, -0.25) is 4.90 Å². The van der Waals surface area contributed by atoms with Gasteiger partial charge >= 0.3 is 6.03 Å². The second kappa shape index (κ2) is 10.1. The Balaban J connectivity index is 1.48. The molecule has 0 saturated carbocycles. The summed E-state index contributed by atoms with van der Waals surface area (Å²) in [7, 11) is 5.26. The number of morpholine rings is 1. The van der Waals surface area contributed by atoms with Crippen LogP contribution in [0.1, 0.15) is 17.2 Å². The van der Waals surface area contributed by atoms with E-state index < -0.39 is 0 Å². The molecule has 2 aliphatic heterocycles. The molecule has 2 aliphatic rings. The maximum absolute atomic E-state index is 12.8. The highest BCUT2D eigenvalue weighted by molar-refractivity contribution is 5.91. The van der Waals surface area contributed by atoms with Gasteiger partial charge < -0.3 is 29.7 Å². The van der Waals surface area contributed by atoms with Crippen molar-refractivity contribution in [2.24, 2.45) is 0 Å². The van der Waals surface area contributed by atoms with Crippen LogP contribution in [0.3, 0.4) is 0 Å². The van der Waals surface area contributed by atoms with E-state index in [1.165, 1.54) is 16.8 Å². The van der Waals surface area contributed by atoms with Crippen molar-refractivity contribution in [1.29, 1.82) is 0 Å². The fourth-order valence-corrected chi connectivity index (χ4v) is 4.48. The third-order valence-electron chi connectivity index (χ3n) is 6.21. The van der Waals surface area contributed by atoms with E-state index in [4.69, 9.17) is 14.2 Å². The van der Waals surface area contributed by atoms with Gasteiger partial charge in [0.1, 0.15) is 0 Å². The third kappa shape index (κ3) is 4.76. The molecule has 0 bridgehead atoms. The van der Waals surface area contributed by atoms with Gasteiger partial charge in [-0.25, -0.2) is 4.79 Å². The topological polar surface area (TPSA) is 75.3 Å². The van der Waals surface area contributed by atoms with Crippen LogP contribution in [0, 0.1) is 0 Å². The molecule has 2 N–H and O–H groups in total. The Hall–Kier alpha value is -2.97. The number of anilines is 2. The summed E-state index contributed by atoms with van der Waals surface area (Å²) in [6.07, 6.45) is 1.05. The number of rotatable bonds is 7. The van der Waals surface area contributed by atoms with Crippen molar-refractivity contribution in [3.8, 4) is 11.5 Å². The van der Waals surface area contributed by atoms with Crippen LogP contribution in [0.2, 0.25) is 0 Å². The quantitative estimate of drug-likeness (QED) is 0.690. The number of carbonyl (C=O) groups excluding carboxylic acids is 1. The molecule has 32 heavy (non-hydrogen) atoms. The van der Waals surface area contributed by atoms with Gasteiger partial charge in [0.25, 0.3) is 0 Å². The number of nitrogens with zero attached hydrogens (tertiary/aromatic N) is 2. The number of ether oxygens (including phenoxy) is 3. The summed E-state index contributed by atoms with van der Waals surface area (Å²) in [5, 5.41) is 5.94. The Morgan fingerprint density at radius 2 is 1.94 bits per heavy atom. The molecular formula is C24H32N4O4. The number of benzene rings is 2. The van der Waals surface area contributed by atoms with Crippen molar-refractivity contribution in [3.63, 3.8) is 0 Å². The summed E-state index contributed by atoms with van der Waals surface area (Å²) in [4.78, 5) is 17.4. The molecule has 8 heteroatoms. The summed E-state index contributed by atoms with van der Waals surface area (Å²) in [6, 6.07) is 11.9. The maximum Gasteiger partial charge on any atom is 0.319 e. The van der Waals surface area contributed by atoms with Crippen molar-refractivity contribution in [2.45, 2.75) is 12.5 Å². The normalized spacial score (nSPS) is 16.9. The second-order valence-corrected chi connectivity index (χ2v) is 8.10. The molecule has 2 aromatic rings. The van der Waals surface area contributed by atoms with Gasteiger partial charge in [-0.15, -0.1) is 0 Å². The first-order valence-corrected chi connectivity index (χ1v) is 11.0. The standard InChI is InChI=1S/C24H32N4O4/c1-27-10-9-18-15-17(7-8-20(18)27)21(28-11-13-32-14-12-28)16-25-24(29)26-19-5-4-6-22(30-2)23(19)31-3/h4-8,15,21H,9-14,16H2,1-3H3,(H2,25,26,29)/t21-/m1/s1. The zero-order valence-corrected chi connectivity index (χ0v) is 19.0. The Morgan fingerprint density at radius 1 is 1.12 bits per heavy atom. The summed E-state index contributed by atoms with van der Waals surface area (Å²) in [5.41, 5.74) is 4.45. The van der Waals surface area contributed by atoms with Crippen LogP contribution in [0.15, 0.2) is 36.4 Å². The van der Waals surface area contributed by atoms with Crippen molar-refractivity contribution in [1.82, 2.24) is 10.2 Å². The first-order chi connectivity index (χ1) is 15.6. The first kappa shape index (κ1) is 22.2. The van der Waals surface area contributed by atoms with Gasteiger partial charge in [0, 0.05) is 38.9 Å². The lowest BCUT2D eigenvalue weighted by Crippen LogP contribution is -2.44. The van der Waals surface area contributed by atoms with Crippen molar-refractivity contribution in [3.05, 3.63) is 47.5 Å². The molecule has 2 amide bonds. The summed E-state index contributed by atoms with van der Waals surface area (Å²) in [5.74, 6) is 1.07. The number of urea groups is 1. The number of carbonyl (C=O) groups is 1. The fraction of sp³-hybridized carbons (Fsp3) is 0.458. The third-order valence-corrected chi connectivity index (χ3v) is 6.21. The van der Waals surface area contributed by atoms with E-state index in [9.17, 15) is 4.79 Å². The van der Waals surface area contributed by atoms with Crippen LogP contribution in [0.4, 0.5) is 16.2 Å². The molecule has 8 nitrogen and oxygen atoms in total. The van der Waals surface area contributed by atoms with Crippen molar-refractivity contribution >= 4 is 17.4 Å². The van der Waals surface area contributed by atoms with Crippen LogP contribution in [0.25, 0.3) is 0 Å². The lowest BCUT2D eigenvalue weighted by Gasteiger charge is -2.35. The van der Waals surface area contributed by atoms with E-state index in [2.05, 4.69) is 45.7 Å². The maximum atomic E-state index is 12.8. The molecule has 4 rings (SSSR count). The minimum Gasteiger partial charge on any atom is -0.493 e. The molecule has 0 unspecified atom stereocenters. The van der Waals surface area contributed by atoms with Crippen LogP contribution in [0.5, 0.6) is 11.5 Å². The molecule has 1 atom stereocenters. The van der Waals surface area contributed by atoms with Crippen LogP contribution >= 0.6 is 0 Å². The van der Waals surface area contributed by atoms with Crippen LogP contribution in [-0.2, 0) is 11.2 Å². The Kier molecular flexibility index (Phi) is 7.02. The average Bonchev–Trinajstić information content (AvgIpc) is 3.19. The fourth-order valence-electron chi connectivity index (χ4n) is 4.48. The Bertz CT molecular complexity index is 946. The number of hydrogen-bond acceptors (Lipinski definition) is 6. The minimum absolute atomic E-state index is 0.0769. The first-order valence-electron chi connectivity index (χ1n) is 11.0. The van der Waals surface area contributed by atoms with Crippen molar-refractivity contribution in [2.75, 3.05) is 70.9 Å². The summed E-state index contributed by atoms with van der Waals surface area (Å²) in [6.45, 7) is 4.63. The number of fused-ring (bicyclic) bond motifs is 1. The molecule has 0 radical (unpaired) electrons. The molecule has 172 valence electrons. The highest BCUT2D eigenvalue weighted by atomic mass is 16.5. The smallest absolute Gasteiger partial charge is 0.319 e. The van der Waals surface area contributed by atoms with Gasteiger partial charge in [0.05, 0.1) is 39.2 Å². The van der Waals surface area contributed by atoms with Crippen LogP contribution < -0.4 is 25.0 Å². The minimum atomic E-state index is -0.282. The van der Waals surface area contributed by atoms with E-state index in [1.807, 2.05) is 6.07 Å². The number of hydrogen-bond donors (Lipinski definition) is 2. The molecule has 0 spiro atoms. The zero-order valence-electron chi connectivity index (χ0n) is 19.0. The van der Waals surface area contributed by atoms with E-state index in [0.717, 1.165) is 26.1 Å². The lowest BCUT2D eigenvalue weighted by molar-refractivity contribution is 0.0168. The second-order valence-electron chi connectivity index (χ2n) is 8.10. The van der Waals surface area contributed by atoms with Crippen LogP contribution in [-0.4, -0.2) is 71.6 Å². The number of likely N-dealkylation sites (N-methyl/N-ethyl adjacent to an activating group) is 1. The predicted molar refractivity (Wildman–Crippen MR) is 125 cm³/mol. The van der Waals surface area contributed by atoms with E-state index in [1.54, 1.807) is 26.4 Å². The van der Waals surface area contributed by atoms with Gasteiger partial charge in [-0.1, -0.05) is 18.2 Å². The molecule has 0 aromatic heterocycles. The zero-order chi connectivity index (χ0) is 22.5. The predicted octanol–water partition coefficient (Wildman–Crippen LogP) is 2.89. The number of methoxy groups -OCH3 is 2. The number of nitrogens with one attached hydrogen (secondary N) is 2. The lowest BCUT2D eigenvalue weighted by atomic mass is 10.0. The monoisotopic (exact) mass is 440 g/mol. The Labute approximate surface area is 189 Å². The van der Waals surface area contributed by atoms with Gasteiger partial charge in [-0.2, -0.15) is 0 Å². The van der Waals surface area contributed by atoms with Crippen molar-refractivity contribution < 1.29 is 19.0 Å². The summed E-state index contributed by atoms with van der Waals surface area (Å²) < 4.78 is 16.3. The number of para-hydroxylation sites is 1. The van der Waals surface area contributed by atoms with E-state index >= 15 is 0 Å². The molecule has 1 fully saturated rings. The van der Waals surface area contributed by atoms with E-state index in [-0.39, 0.29) is 12.1 Å². The van der Waals surface area contributed by atoms with E-state index in [0.29, 0.717) is 36.9 Å². The SMILES string of the molecule is COc1cccc(NC(=O)NC[C@H](c2ccc3c(c2)CCN3C)N2CCOCC2)c1OC. The molecular weight excluding hydrogens is 408 g/mol. The summed E-state index contributed by atoms with van der Waals surface area (Å²) >= 11 is 0. The van der Waals surface area contributed by atoms with Gasteiger partial charge in [0.2, 0.25) is 0 Å². The molecule has 0 aliphatic carbocycles. The highest BCUT2D eigenvalue weighted by Gasteiger charge is 2.25. The molecule has 2 aromatic carbocycles. The Morgan fingerprint density at radius 3 is 2.69 bits per heavy atom. The van der Waals surface area contributed by atoms with Gasteiger partial charge in [0.15, 0.2) is 11.5 Å². The van der Waals surface area contributed by atoms with Gasteiger partial charge in [-0.05, 0) is 35.7 Å². The molecule has 2 heterocycles. The largest absolute Gasteiger partial charge is 0.493 e. The number of amides is 2.